The molecule has 0 aliphatic heterocycles. The molecule has 2 aromatic heterocycles. The molecule has 0 bridgehead atoms. The summed E-state index contributed by atoms with van der Waals surface area (Å²) in [5.74, 6) is 0. The zero-order valence-corrected chi connectivity index (χ0v) is 8.79. The lowest BCUT2D eigenvalue weighted by molar-refractivity contribution is 0.690. The number of nitrogens with one attached hydrogen (secondary N) is 1. The van der Waals surface area contributed by atoms with Crippen molar-refractivity contribution in [3.63, 3.8) is 0 Å². The van der Waals surface area contributed by atoms with E-state index in [1.807, 2.05) is 31.1 Å². The van der Waals surface area contributed by atoms with E-state index in [0.29, 0.717) is 0 Å². The highest BCUT2D eigenvalue weighted by Crippen LogP contribution is 2.08. The van der Waals surface area contributed by atoms with Crippen LogP contribution in [0.15, 0.2) is 24.1 Å². The van der Waals surface area contributed by atoms with Crippen molar-refractivity contribution >= 4 is 11.3 Å². The predicted octanol–water partition coefficient (Wildman–Crippen LogP) is 1.11. The van der Waals surface area contributed by atoms with Gasteiger partial charge in [-0.15, -0.1) is 11.3 Å². The minimum absolute atomic E-state index is 0.814. The molecule has 5 heteroatoms. The molecular weight excluding hydrogens is 196 g/mol. The van der Waals surface area contributed by atoms with Crippen molar-refractivity contribution in [1.82, 2.24) is 19.9 Å². The van der Waals surface area contributed by atoms with Crippen LogP contribution in [0.25, 0.3) is 0 Å². The maximum absolute atomic E-state index is 4.24. The molecule has 4 nitrogen and oxygen atoms in total. The summed E-state index contributed by atoms with van der Waals surface area (Å²) in [4.78, 5) is 8.36. The SMILES string of the molecule is CNCc1cncn1Cc1nccs1. The largest absolute Gasteiger partial charge is 0.326 e. The number of thiazole rings is 1. The van der Waals surface area contributed by atoms with E-state index in [1.165, 1.54) is 5.69 Å². The molecular formula is C9H12N4S. The van der Waals surface area contributed by atoms with Gasteiger partial charge in [-0.25, -0.2) is 9.97 Å². The van der Waals surface area contributed by atoms with E-state index in [1.54, 1.807) is 11.3 Å². The molecule has 2 heterocycles. The first kappa shape index (κ1) is 9.36. The van der Waals surface area contributed by atoms with Crippen LogP contribution in [0, 0.1) is 0 Å². The van der Waals surface area contributed by atoms with Crippen molar-refractivity contribution in [2.45, 2.75) is 13.1 Å². The fourth-order valence-corrected chi connectivity index (χ4v) is 1.91. The molecule has 0 spiro atoms. The Morgan fingerprint density at radius 3 is 3.21 bits per heavy atom. The second kappa shape index (κ2) is 4.34. The third-order valence-electron chi connectivity index (χ3n) is 1.95. The Morgan fingerprint density at radius 2 is 2.50 bits per heavy atom. The summed E-state index contributed by atoms with van der Waals surface area (Å²) in [7, 11) is 1.93. The quantitative estimate of drug-likeness (QED) is 0.818. The molecule has 0 amide bonds. The van der Waals surface area contributed by atoms with Crippen LogP contribution >= 0.6 is 11.3 Å². The van der Waals surface area contributed by atoms with Crippen LogP contribution in [0.5, 0.6) is 0 Å². The molecule has 0 aliphatic rings. The highest BCUT2D eigenvalue weighted by Gasteiger charge is 2.02. The summed E-state index contributed by atoms with van der Waals surface area (Å²) in [5, 5.41) is 6.21. The van der Waals surface area contributed by atoms with Gasteiger partial charge in [0.25, 0.3) is 0 Å². The molecule has 0 atom stereocenters. The Bertz CT molecular complexity index is 379. The van der Waals surface area contributed by atoms with Gasteiger partial charge >= 0.3 is 0 Å². The summed E-state index contributed by atoms with van der Waals surface area (Å²) in [6.45, 7) is 1.65. The number of nitrogens with zero attached hydrogens (tertiary/aromatic N) is 3. The molecule has 0 fully saturated rings. The van der Waals surface area contributed by atoms with Gasteiger partial charge in [0, 0.05) is 24.3 Å². The number of aromatic nitrogens is 3. The standard InChI is InChI=1S/C9H12N4S/c1-10-4-8-5-11-7-13(8)6-9-12-2-3-14-9/h2-3,5,7,10H,4,6H2,1H3. The van der Waals surface area contributed by atoms with E-state index in [4.69, 9.17) is 0 Å². The van der Waals surface area contributed by atoms with Gasteiger partial charge in [-0.3, -0.25) is 0 Å². The summed E-state index contributed by atoms with van der Waals surface area (Å²) >= 11 is 1.67. The van der Waals surface area contributed by atoms with Gasteiger partial charge in [-0.05, 0) is 7.05 Å². The smallest absolute Gasteiger partial charge is 0.112 e. The third kappa shape index (κ3) is 2.00. The first-order valence-corrected chi connectivity index (χ1v) is 5.30. The Morgan fingerprint density at radius 1 is 1.57 bits per heavy atom. The fourth-order valence-electron chi connectivity index (χ4n) is 1.30. The van der Waals surface area contributed by atoms with Crippen LogP contribution < -0.4 is 5.32 Å². The van der Waals surface area contributed by atoms with Crippen molar-refractivity contribution in [2.75, 3.05) is 7.05 Å². The average molecular weight is 208 g/mol. The van der Waals surface area contributed by atoms with E-state index in [9.17, 15) is 0 Å². The minimum Gasteiger partial charge on any atom is -0.326 e. The fraction of sp³-hybridized carbons (Fsp3) is 0.333. The van der Waals surface area contributed by atoms with Crippen LogP contribution in [0.1, 0.15) is 10.7 Å². The van der Waals surface area contributed by atoms with Gasteiger partial charge in [0.15, 0.2) is 0 Å². The first-order valence-electron chi connectivity index (χ1n) is 4.42. The summed E-state index contributed by atoms with van der Waals surface area (Å²) in [6.07, 6.45) is 5.55. The molecule has 0 saturated carbocycles. The van der Waals surface area contributed by atoms with Crippen molar-refractivity contribution in [2.24, 2.45) is 0 Å². The van der Waals surface area contributed by atoms with Gasteiger partial charge < -0.3 is 9.88 Å². The van der Waals surface area contributed by atoms with Crippen LogP contribution in [0.2, 0.25) is 0 Å². The zero-order chi connectivity index (χ0) is 9.80. The van der Waals surface area contributed by atoms with Crippen molar-refractivity contribution in [3.05, 3.63) is 34.8 Å². The van der Waals surface area contributed by atoms with E-state index in [0.717, 1.165) is 18.1 Å². The zero-order valence-electron chi connectivity index (χ0n) is 7.97. The topological polar surface area (TPSA) is 42.7 Å². The van der Waals surface area contributed by atoms with E-state index >= 15 is 0 Å². The molecule has 0 aliphatic carbocycles. The van der Waals surface area contributed by atoms with Crippen molar-refractivity contribution in [1.29, 1.82) is 0 Å². The minimum atomic E-state index is 0.814. The molecule has 0 radical (unpaired) electrons. The normalized spacial score (nSPS) is 10.6. The highest BCUT2D eigenvalue weighted by atomic mass is 32.1. The first-order chi connectivity index (χ1) is 6.90. The molecule has 1 N–H and O–H groups in total. The Balaban J connectivity index is 2.12. The maximum atomic E-state index is 4.24. The second-order valence-electron chi connectivity index (χ2n) is 2.97. The summed E-state index contributed by atoms with van der Waals surface area (Å²) in [6, 6.07) is 0. The van der Waals surface area contributed by atoms with E-state index < -0.39 is 0 Å². The monoisotopic (exact) mass is 208 g/mol. The molecule has 2 rings (SSSR count). The van der Waals surface area contributed by atoms with Gasteiger partial charge in [0.1, 0.15) is 5.01 Å². The Labute approximate surface area is 86.6 Å². The number of hydrogen-bond acceptors (Lipinski definition) is 4. The lowest BCUT2D eigenvalue weighted by atomic mass is 10.4. The average Bonchev–Trinajstić information content (AvgIpc) is 2.80. The predicted molar refractivity (Wildman–Crippen MR) is 56.2 cm³/mol. The molecule has 74 valence electrons. The number of imidazole rings is 1. The van der Waals surface area contributed by atoms with Crippen LogP contribution in [-0.4, -0.2) is 21.6 Å². The summed E-state index contributed by atoms with van der Waals surface area (Å²) in [5.41, 5.74) is 1.18. The third-order valence-corrected chi connectivity index (χ3v) is 2.71. The number of rotatable bonds is 4. The van der Waals surface area contributed by atoms with Gasteiger partial charge in [-0.2, -0.15) is 0 Å². The highest BCUT2D eigenvalue weighted by molar-refractivity contribution is 7.09. The second-order valence-corrected chi connectivity index (χ2v) is 3.95. The van der Waals surface area contributed by atoms with Gasteiger partial charge in [-0.1, -0.05) is 0 Å². The Kier molecular flexibility index (Phi) is 2.90. The Hall–Kier alpha value is -1.20. The lowest BCUT2D eigenvalue weighted by Crippen LogP contribution is -2.11. The number of hydrogen-bond donors (Lipinski definition) is 1. The molecule has 0 unspecified atom stereocenters. The van der Waals surface area contributed by atoms with Crippen LogP contribution in [0.3, 0.4) is 0 Å². The molecule has 0 saturated heterocycles. The van der Waals surface area contributed by atoms with Crippen molar-refractivity contribution in [3.8, 4) is 0 Å². The summed E-state index contributed by atoms with van der Waals surface area (Å²) < 4.78 is 2.11. The van der Waals surface area contributed by atoms with Gasteiger partial charge in [0.2, 0.25) is 0 Å². The van der Waals surface area contributed by atoms with Gasteiger partial charge in [0.05, 0.1) is 18.6 Å². The van der Waals surface area contributed by atoms with Crippen LogP contribution in [-0.2, 0) is 13.1 Å². The van der Waals surface area contributed by atoms with E-state index in [2.05, 4.69) is 19.9 Å². The van der Waals surface area contributed by atoms with Crippen molar-refractivity contribution < 1.29 is 0 Å². The lowest BCUT2D eigenvalue weighted by Gasteiger charge is -2.04. The molecule has 0 aromatic carbocycles. The van der Waals surface area contributed by atoms with Crippen LogP contribution in [0.4, 0.5) is 0 Å². The molecule has 14 heavy (non-hydrogen) atoms. The molecule has 2 aromatic rings. The van der Waals surface area contributed by atoms with E-state index in [-0.39, 0.29) is 0 Å². The maximum Gasteiger partial charge on any atom is 0.112 e.